The molecule has 3 nitrogen and oxygen atoms in total. The third kappa shape index (κ3) is 3.13. The minimum atomic E-state index is -4.40. The molecule has 1 fully saturated rings. The predicted molar refractivity (Wildman–Crippen MR) is 61.3 cm³/mol. The number of nitrogens with one attached hydrogen (secondary N) is 1. The van der Waals surface area contributed by atoms with Crippen LogP contribution in [-0.2, 0) is 10.9 Å². The van der Waals surface area contributed by atoms with Gasteiger partial charge < -0.3 is 10.1 Å². The first-order chi connectivity index (χ1) is 8.49. The topological polar surface area (TPSA) is 34.1 Å². The van der Waals surface area contributed by atoms with Crippen molar-refractivity contribution in [3.63, 3.8) is 0 Å². The minimum absolute atomic E-state index is 0.150. The molecular weight excluding hydrogens is 245 g/mol. The Labute approximate surface area is 103 Å². The maximum absolute atomic E-state index is 12.5. The lowest BCUT2D eigenvalue weighted by atomic mass is 9.89. The van der Waals surface area contributed by atoms with Gasteiger partial charge in [0.05, 0.1) is 6.10 Å². The molecule has 0 saturated heterocycles. The summed E-state index contributed by atoms with van der Waals surface area (Å²) in [7, 11) is 0. The molecule has 1 N–H and O–H groups in total. The average molecular weight is 260 g/mol. The number of pyridine rings is 1. The largest absolute Gasteiger partial charge is 0.433 e. The van der Waals surface area contributed by atoms with Gasteiger partial charge in [0.1, 0.15) is 11.5 Å². The Morgan fingerprint density at radius 3 is 2.72 bits per heavy atom. The van der Waals surface area contributed by atoms with Crippen molar-refractivity contribution in [2.24, 2.45) is 0 Å². The Hall–Kier alpha value is -1.30. The molecule has 2 rings (SSSR count). The Morgan fingerprint density at radius 2 is 2.11 bits per heavy atom. The van der Waals surface area contributed by atoms with E-state index in [-0.39, 0.29) is 18.0 Å². The molecule has 1 aliphatic rings. The maximum atomic E-state index is 12.5. The molecule has 1 aromatic rings. The average Bonchev–Trinajstić information content (AvgIpc) is 2.26. The van der Waals surface area contributed by atoms with E-state index in [1.165, 1.54) is 6.07 Å². The van der Waals surface area contributed by atoms with Gasteiger partial charge in [-0.1, -0.05) is 6.07 Å². The smallest absolute Gasteiger partial charge is 0.378 e. The molecule has 0 atom stereocenters. The first kappa shape index (κ1) is 13.1. The second-order valence-corrected chi connectivity index (χ2v) is 4.30. The second kappa shape index (κ2) is 5.14. The van der Waals surface area contributed by atoms with Crippen molar-refractivity contribution < 1.29 is 17.9 Å². The Kier molecular flexibility index (Phi) is 3.75. The van der Waals surface area contributed by atoms with E-state index in [2.05, 4.69) is 10.3 Å². The fraction of sp³-hybridized carbons (Fsp3) is 0.583. The van der Waals surface area contributed by atoms with Gasteiger partial charge in [0.2, 0.25) is 0 Å². The molecule has 6 heteroatoms. The van der Waals surface area contributed by atoms with Gasteiger partial charge in [-0.2, -0.15) is 13.2 Å². The van der Waals surface area contributed by atoms with Crippen LogP contribution < -0.4 is 5.32 Å². The quantitative estimate of drug-likeness (QED) is 0.903. The van der Waals surface area contributed by atoms with Crippen LogP contribution in [-0.4, -0.2) is 23.7 Å². The summed E-state index contributed by atoms with van der Waals surface area (Å²) in [6, 6.07) is 4.02. The van der Waals surface area contributed by atoms with Crippen LogP contribution in [0.2, 0.25) is 0 Å². The van der Waals surface area contributed by atoms with E-state index in [1.54, 1.807) is 6.07 Å². The third-order valence-electron chi connectivity index (χ3n) is 2.89. The number of aromatic nitrogens is 1. The van der Waals surface area contributed by atoms with E-state index in [4.69, 9.17) is 4.74 Å². The Morgan fingerprint density at radius 1 is 1.39 bits per heavy atom. The van der Waals surface area contributed by atoms with Gasteiger partial charge in [-0.25, -0.2) is 4.98 Å². The standard InChI is InChI=1S/C12H15F3N2O/c1-2-18-9-6-8(7-9)16-11-5-3-4-10(17-11)12(13,14)15/h3-5,8-9H,2,6-7H2,1H3,(H,16,17). The van der Waals surface area contributed by atoms with Gasteiger partial charge >= 0.3 is 6.18 Å². The molecular formula is C12H15F3N2O. The molecule has 100 valence electrons. The highest BCUT2D eigenvalue weighted by molar-refractivity contribution is 5.37. The summed E-state index contributed by atoms with van der Waals surface area (Å²) in [5.74, 6) is 0.268. The van der Waals surface area contributed by atoms with Crippen LogP contribution in [0.1, 0.15) is 25.5 Å². The van der Waals surface area contributed by atoms with Crippen molar-refractivity contribution in [2.45, 2.75) is 38.1 Å². The fourth-order valence-corrected chi connectivity index (χ4v) is 1.94. The predicted octanol–water partition coefficient (Wildman–Crippen LogP) is 3.08. The zero-order chi connectivity index (χ0) is 13.2. The SMILES string of the molecule is CCOC1CC(Nc2cccc(C(F)(F)F)n2)C1. The summed E-state index contributed by atoms with van der Waals surface area (Å²) in [5.41, 5.74) is -0.867. The number of alkyl halides is 3. The van der Waals surface area contributed by atoms with Gasteiger partial charge in [-0.15, -0.1) is 0 Å². The molecule has 0 spiro atoms. The highest BCUT2D eigenvalue weighted by Crippen LogP contribution is 2.30. The van der Waals surface area contributed by atoms with Gasteiger partial charge in [0.25, 0.3) is 0 Å². The van der Waals surface area contributed by atoms with Crippen molar-refractivity contribution in [1.29, 1.82) is 0 Å². The molecule has 0 amide bonds. The first-order valence-electron chi connectivity index (χ1n) is 5.91. The molecule has 1 aromatic heterocycles. The summed E-state index contributed by atoms with van der Waals surface area (Å²) in [6.45, 7) is 2.59. The van der Waals surface area contributed by atoms with Crippen LogP contribution in [0.25, 0.3) is 0 Å². The number of anilines is 1. The summed E-state index contributed by atoms with van der Waals surface area (Å²) in [4.78, 5) is 3.56. The molecule has 0 bridgehead atoms. The van der Waals surface area contributed by atoms with E-state index in [1.807, 2.05) is 6.92 Å². The molecule has 0 aliphatic heterocycles. The van der Waals surface area contributed by atoms with E-state index in [0.717, 1.165) is 18.9 Å². The lowest BCUT2D eigenvalue weighted by Crippen LogP contribution is -2.41. The van der Waals surface area contributed by atoms with E-state index in [0.29, 0.717) is 6.61 Å². The highest BCUT2D eigenvalue weighted by Gasteiger charge is 2.33. The molecule has 1 saturated carbocycles. The van der Waals surface area contributed by atoms with Crippen LogP contribution in [0.4, 0.5) is 19.0 Å². The Bertz CT molecular complexity index is 403. The molecule has 0 radical (unpaired) electrons. The lowest BCUT2D eigenvalue weighted by molar-refractivity contribution is -0.141. The summed E-state index contributed by atoms with van der Waals surface area (Å²) >= 11 is 0. The van der Waals surface area contributed by atoms with Crippen LogP contribution in [0, 0.1) is 0 Å². The highest BCUT2D eigenvalue weighted by atomic mass is 19.4. The van der Waals surface area contributed by atoms with Crippen LogP contribution in [0.15, 0.2) is 18.2 Å². The van der Waals surface area contributed by atoms with Gasteiger partial charge in [-0.05, 0) is 31.9 Å². The summed E-state index contributed by atoms with van der Waals surface area (Å²) in [5, 5.41) is 2.99. The normalized spacial score (nSPS) is 23.6. The fourth-order valence-electron chi connectivity index (χ4n) is 1.94. The Balaban J connectivity index is 1.91. The number of hydrogen-bond donors (Lipinski definition) is 1. The van der Waals surface area contributed by atoms with Crippen molar-refractivity contribution in [2.75, 3.05) is 11.9 Å². The van der Waals surface area contributed by atoms with Gasteiger partial charge in [0.15, 0.2) is 0 Å². The monoisotopic (exact) mass is 260 g/mol. The number of hydrogen-bond acceptors (Lipinski definition) is 3. The van der Waals surface area contributed by atoms with E-state index in [9.17, 15) is 13.2 Å². The van der Waals surface area contributed by atoms with E-state index < -0.39 is 11.9 Å². The molecule has 0 unspecified atom stereocenters. The van der Waals surface area contributed by atoms with Crippen molar-refractivity contribution in [1.82, 2.24) is 4.98 Å². The van der Waals surface area contributed by atoms with E-state index >= 15 is 0 Å². The molecule has 0 aromatic carbocycles. The van der Waals surface area contributed by atoms with Crippen LogP contribution in [0.5, 0.6) is 0 Å². The number of ether oxygens (including phenoxy) is 1. The lowest BCUT2D eigenvalue weighted by Gasteiger charge is -2.35. The van der Waals surface area contributed by atoms with Gasteiger partial charge in [-0.3, -0.25) is 0 Å². The number of rotatable bonds is 4. The number of nitrogens with zero attached hydrogens (tertiary/aromatic N) is 1. The third-order valence-corrected chi connectivity index (χ3v) is 2.89. The zero-order valence-corrected chi connectivity index (χ0v) is 10.00. The van der Waals surface area contributed by atoms with Crippen molar-refractivity contribution in [3.05, 3.63) is 23.9 Å². The van der Waals surface area contributed by atoms with Crippen LogP contribution >= 0.6 is 0 Å². The van der Waals surface area contributed by atoms with Crippen molar-refractivity contribution in [3.8, 4) is 0 Å². The maximum Gasteiger partial charge on any atom is 0.433 e. The van der Waals surface area contributed by atoms with Gasteiger partial charge in [0, 0.05) is 12.6 Å². The minimum Gasteiger partial charge on any atom is -0.378 e. The summed E-state index contributed by atoms with van der Waals surface area (Å²) in [6.07, 6.45) is -2.55. The second-order valence-electron chi connectivity index (χ2n) is 4.30. The van der Waals surface area contributed by atoms with Crippen LogP contribution in [0.3, 0.4) is 0 Å². The number of halogens is 3. The first-order valence-corrected chi connectivity index (χ1v) is 5.91. The zero-order valence-electron chi connectivity index (χ0n) is 10.00. The van der Waals surface area contributed by atoms with Crippen molar-refractivity contribution >= 4 is 5.82 Å². The molecule has 1 aliphatic carbocycles. The molecule has 18 heavy (non-hydrogen) atoms. The summed E-state index contributed by atoms with van der Waals surface area (Å²) < 4.78 is 42.7. The molecule has 1 heterocycles.